The fraction of sp³-hybridized carbons (Fsp3) is 0.556. The van der Waals surface area contributed by atoms with E-state index in [1.165, 1.54) is 10.5 Å². The lowest BCUT2D eigenvalue weighted by atomic mass is 10.1. The lowest BCUT2D eigenvalue weighted by molar-refractivity contribution is -0.858. The molecule has 0 radical (unpaired) electrons. The van der Waals surface area contributed by atoms with Crippen LogP contribution in [0.15, 0.2) is 18.2 Å². The van der Waals surface area contributed by atoms with Crippen LogP contribution < -0.4 is 15.1 Å². The van der Waals surface area contributed by atoms with E-state index in [-0.39, 0.29) is 17.7 Å². The molecule has 1 heterocycles. The number of quaternary nitrogens is 1. The lowest BCUT2D eigenvalue weighted by Gasteiger charge is -2.18. The van der Waals surface area contributed by atoms with Gasteiger partial charge in [0.05, 0.1) is 26.6 Å². The number of carbonyl (C=O) groups excluding carboxylic acids is 2. The molecule has 1 saturated heterocycles. The molecule has 1 fully saturated rings. The van der Waals surface area contributed by atoms with Crippen LogP contribution in [0.4, 0.5) is 5.69 Å². The second-order valence-electron chi connectivity index (χ2n) is 6.78. The van der Waals surface area contributed by atoms with Gasteiger partial charge in [-0.1, -0.05) is 6.07 Å². The van der Waals surface area contributed by atoms with Crippen LogP contribution in [0.2, 0.25) is 0 Å². The van der Waals surface area contributed by atoms with E-state index in [1.54, 1.807) is 4.90 Å². The molecule has 0 aromatic heterocycles. The van der Waals surface area contributed by atoms with Crippen molar-refractivity contribution >= 4 is 17.5 Å². The number of aryl methyl sites for hydroxylation is 2. The van der Waals surface area contributed by atoms with Crippen molar-refractivity contribution in [3.05, 3.63) is 29.3 Å². The molecule has 0 saturated carbocycles. The summed E-state index contributed by atoms with van der Waals surface area (Å²) in [7, 11) is 4.19. The van der Waals surface area contributed by atoms with Crippen LogP contribution in [0.5, 0.6) is 0 Å². The summed E-state index contributed by atoms with van der Waals surface area (Å²) in [5.41, 5.74) is 3.26. The summed E-state index contributed by atoms with van der Waals surface area (Å²) in [6.45, 7) is 6.27. The number of amides is 2. The molecule has 23 heavy (non-hydrogen) atoms. The first-order valence-electron chi connectivity index (χ1n) is 8.33. The maximum Gasteiger partial charge on any atom is 0.227 e. The van der Waals surface area contributed by atoms with E-state index in [4.69, 9.17) is 0 Å². The zero-order valence-electron chi connectivity index (χ0n) is 14.6. The van der Waals surface area contributed by atoms with Gasteiger partial charge in [-0.05, 0) is 37.1 Å². The molecule has 126 valence electrons. The first-order chi connectivity index (χ1) is 10.9. The van der Waals surface area contributed by atoms with E-state index in [0.29, 0.717) is 19.5 Å². The molecule has 5 heteroatoms. The minimum Gasteiger partial charge on any atom is -0.356 e. The highest BCUT2D eigenvalue weighted by molar-refractivity contribution is 6.00. The molecule has 1 aromatic carbocycles. The number of hydrogen-bond acceptors (Lipinski definition) is 2. The van der Waals surface area contributed by atoms with Gasteiger partial charge in [-0.3, -0.25) is 9.59 Å². The zero-order chi connectivity index (χ0) is 17.0. The SMILES string of the molecule is Cc1ccc(N2C[C@@H](C(=O)NCCC[NH+](C)C)CC2=O)cc1C. The van der Waals surface area contributed by atoms with Crippen LogP contribution in [-0.4, -0.2) is 45.5 Å². The first-order valence-corrected chi connectivity index (χ1v) is 8.33. The molecule has 0 bridgehead atoms. The van der Waals surface area contributed by atoms with Crippen LogP contribution >= 0.6 is 0 Å². The maximum atomic E-state index is 12.2. The third-order valence-corrected chi connectivity index (χ3v) is 4.45. The Morgan fingerprint density at radius 1 is 1.30 bits per heavy atom. The molecule has 5 nitrogen and oxygen atoms in total. The molecular formula is C18H28N3O2+. The van der Waals surface area contributed by atoms with Crippen molar-refractivity contribution in [1.82, 2.24) is 5.32 Å². The molecule has 1 aliphatic heterocycles. The number of anilines is 1. The molecule has 0 aliphatic carbocycles. The average Bonchev–Trinajstić information content (AvgIpc) is 2.88. The van der Waals surface area contributed by atoms with Crippen molar-refractivity contribution in [2.75, 3.05) is 38.6 Å². The Labute approximate surface area is 138 Å². The van der Waals surface area contributed by atoms with E-state index >= 15 is 0 Å². The summed E-state index contributed by atoms with van der Waals surface area (Å²) in [6.07, 6.45) is 1.26. The van der Waals surface area contributed by atoms with Crippen molar-refractivity contribution in [1.29, 1.82) is 0 Å². The minimum atomic E-state index is -0.240. The summed E-state index contributed by atoms with van der Waals surface area (Å²) in [5, 5.41) is 2.96. The van der Waals surface area contributed by atoms with Gasteiger partial charge in [0, 0.05) is 31.6 Å². The molecule has 1 atom stereocenters. The molecule has 2 rings (SSSR count). The van der Waals surface area contributed by atoms with Gasteiger partial charge >= 0.3 is 0 Å². The van der Waals surface area contributed by atoms with Crippen LogP contribution in [0, 0.1) is 19.8 Å². The lowest BCUT2D eigenvalue weighted by Crippen LogP contribution is -3.05. The summed E-state index contributed by atoms with van der Waals surface area (Å²) in [5.74, 6) is -0.208. The number of rotatable bonds is 6. The maximum absolute atomic E-state index is 12.2. The zero-order valence-corrected chi connectivity index (χ0v) is 14.6. The summed E-state index contributed by atoms with van der Waals surface area (Å²) < 4.78 is 0. The van der Waals surface area contributed by atoms with Gasteiger partial charge in [0.1, 0.15) is 0 Å². The number of benzene rings is 1. The minimum absolute atomic E-state index is 0.00144. The summed E-state index contributed by atoms with van der Waals surface area (Å²) in [4.78, 5) is 27.6. The molecular weight excluding hydrogens is 290 g/mol. The number of nitrogens with one attached hydrogen (secondary N) is 2. The van der Waals surface area contributed by atoms with Gasteiger partial charge in [-0.15, -0.1) is 0 Å². The van der Waals surface area contributed by atoms with Crippen molar-refractivity contribution in [3.63, 3.8) is 0 Å². The molecule has 0 unspecified atom stereocenters. The van der Waals surface area contributed by atoms with Crippen molar-refractivity contribution < 1.29 is 14.5 Å². The molecule has 1 aromatic rings. The fourth-order valence-corrected chi connectivity index (χ4v) is 2.82. The Morgan fingerprint density at radius 2 is 2.04 bits per heavy atom. The Morgan fingerprint density at radius 3 is 2.70 bits per heavy atom. The summed E-state index contributed by atoms with van der Waals surface area (Å²) in [6, 6.07) is 6.00. The predicted octanol–water partition coefficient (Wildman–Crippen LogP) is 0.307. The second kappa shape index (κ2) is 7.59. The van der Waals surface area contributed by atoms with Crippen LogP contribution in [-0.2, 0) is 9.59 Å². The van der Waals surface area contributed by atoms with Gasteiger partial charge in [-0.2, -0.15) is 0 Å². The third kappa shape index (κ3) is 4.55. The van der Waals surface area contributed by atoms with E-state index in [2.05, 4.69) is 26.3 Å². The number of nitrogens with zero attached hydrogens (tertiary/aromatic N) is 1. The first kappa shape index (κ1) is 17.5. The highest BCUT2D eigenvalue weighted by atomic mass is 16.2. The topological polar surface area (TPSA) is 53.9 Å². The Hall–Kier alpha value is -1.88. The Bertz CT molecular complexity index is 584. The Balaban J connectivity index is 1.91. The van der Waals surface area contributed by atoms with Crippen LogP contribution in [0.3, 0.4) is 0 Å². The van der Waals surface area contributed by atoms with Gasteiger partial charge in [-0.25, -0.2) is 0 Å². The fourth-order valence-electron chi connectivity index (χ4n) is 2.82. The summed E-state index contributed by atoms with van der Waals surface area (Å²) >= 11 is 0. The standard InChI is InChI=1S/C18H27N3O2/c1-13-6-7-16(10-14(13)2)21-12-15(11-17(21)22)18(23)19-8-5-9-20(3)4/h6-7,10,15H,5,8-9,11-12H2,1-4H3,(H,19,23)/p+1/t15-/m0/s1. The van der Waals surface area contributed by atoms with E-state index in [9.17, 15) is 9.59 Å². The van der Waals surface area contributed by atoms with Gasteiger partial charge in [0.2, 0.25) is 11.8 Å². The molecule has 2 N–H and O–H groups in total. The van der Waals surface area contributed by atoms with Gasteiger partial charge in [0.15, 0.2) is 0 Å². The van der Waals surface area contributed by atoms with Crippen molar-refractivity contribution in [2.45, 2.75) is 26.7 Å². The average molecular weight is 318 g/mol. The monoisotopic (exact) mass is 318 g/mol. The number of carbonyl (C=O) groups is 2. The quantitative estimate of drug-likeness (QED) is 0.742. The van der Waals surface area contributed by atoms with E-state index < -0.39 is 0 Å². The highest BCUT2D eigenvalue weighted by Gasteiger charge is 2.35. The predicted molar refractivity (Wildman–Crippen MR) is 91.7 cm³/mol. The molecule has 1 aliphatic rings. The number of hydrogen-bond donors (Lipinski definition) is 2. The third-order valence-electron chi connectivity index (χ3n) is 4.45. The largest absolute Gasteiger partial charge is 0.356 e. The van der Waals surface area contributed by atoms with Gasteiger partial charge in [0.25, 0.3) is 0 Å². The van der Waals surface area contributed by atoms with Crippen molar-refractivity contribution in [3.8, 4) is 0 Å². The van der Waals surface area contributed by atoms with Crippen LogP contribution in [0.25, 0.3) is 0 Å². The van der Waals surface area contributed by atoms with E-state index in [1.807, 2.05) is 25.1 Å². The normalized spacial score (nSPS) is 17.9. The highest BCUT2D eigenvalue weighted by Crippen LogP contribution is 2.26. The smallest absolute Gasteiger partial charge is 0.227 e. The van der Waals surface area contributed by atoms with Crippen molar-refractivity contribution in [2.24, 2.45) is 5.92 Å². The molecule has 0 spiro atoms. The molecule has 2 amide bonds. The second-order valence-corrected chi connectivity index (χ2v) is 6.78. The van der Waals surface area contributed by atoms with Crippen LogP contribution in [0.1, 0.15) is 24.0 Å². The Kier molecular flexibility index (Phi) is 5.77. The van der Waals surface area contributed by atoms with Gasteiger partial charge < -0.3 is 15.1 Å². The van der Waals surface area contributed by atoms with E-state index in [0.717, 1.165) is 24.2 Å².